The van der Waals surface area contributed by atoms with Crippen molar-refractivity contribution in [1.82, 2.24) is 9.21 Å². The molecule has 0 spiro atoms. The van der Waals surface area contributed by atoms with Gasteiger partial charge in [-0.1, -0.05) is 13.8 Å². The molecule has 132 valence electrons. The smallest absolute Gasteiger partial charge is 0.253 e. The topological polar surface area (TPSA) is 57.7 Å². The predicted octanol–water partition coefficient (Wildman–Crippen LogP) is 2.59. The molecule has 2 aliphatic rings. The predicted molar refractivity (Wildman–Crippen MR) is 93.3 cm³/mol. The van der Waals surface area contributed by atoms with E-state index in [-0.39, 0.29) is 10.8 Å². The molecule has 2 atom stereocenters. The third-order valence-electron chi connectivity index (χ3n) is 4.99. The summed E-state index contributed by atoms with van der Waals surface area (Å²) in [5.74, 6) is 0.704. The Labute approximate surface area is 144 Å². The molecule has 1 saturated heterocycles. The number of hydrogen-bond acceptors (Lipinski definition) is 3. The van der Waals surface area contributed by atoms with E-state index in [1.807, 2.05) is 0 Å². The van der Waals surface area contributed by atoms with Crippen molar-refractivity contribution >= 4 is 15.9 Å². The minimum atomic E-state index is -3.49. The Morgan fingerprint density at radius 1 is 1.08 bits per heavy atom. The Balaban J connectivity index is 1.77. The van der Waals surface area contributed by atoms with Crippen LogP contribution < -0.4 is 0 Å². The van der Waals surface area contributed by atoms with Crippen LogP contribution in [0.2, 0.25) is 0 Å². The number of carbonyl (C=O) groups is 1. The number of rotatable bonds is 4. The molecule has 1 heterocycles. The van der Waals surface area contributed by atoms with E-state index in [9.17, 15) is 13.2 Å². The van der Waals surface area contributed by atoms with E-state index in [0.29, 0.717) is 36.5 Å². The van der Waals surface area contributed by atoms with Crippen molar-refractivity contribution in [1.29, 1.82) is 0 Å². The highest BCUT2D eigenvalue weighted by molar-refractivity contribution is 7.89. The zero-order valence-corrected chi connectivity index (χ0v) is 15.4. The van der Waals surface area contributed by atoms with Crippen molar-refractivity contribution in [3.8, 4) is 0 Å². The molecule has 1 aromatic rings. The van der Waals surface area contributed by atoms with Gasteiger partial charge in [-0.2, -0.15) is 4.31 Å². The summed E-state index contributed by atoms with van der Waals surface area (Å²) in [6.45, 7) is 5.32. The third kappa shape index (κ3) is 3.49. The van der Waals surface area contributed by atoms with Gasteiger partial charge < -0.3 is 4.90 Å². The SMILES string of the molecule is CC1CC(C)CN(S(=O)(=O)c2ccc(C(=O)N(C)C3CC3)cc2)C1. The fraction of sp³-hybridized carbons (Fsp3) is 0.611. The number of carbonyl (C=O) groups excluding carboxylic acids is 1. The molecule has 3 rings (SSSR count). The maximum atomic E-state index is 12.8. The first-order valence-electron chi connectivity index (χ1n) is 8.66. The maximum absolute atomic E-state index is 12.8. The normalized spacial score (nSPS) is 25.5. The molecule has 24 heavy (non-hydrogen) atoms. The number of hydrogen-bond donors (Lipinski definition) is 0. The molecule has 2 fully saturated rings. The standard InChI is InChI=1S/C18H26N2O3S/c1-13-10-14(2)12-20(11-13)24(22,23)17-8-4-15(5-9-17)18(21)19(3)16-6-7-16/h4-5,8-9,13-14,16H,6-7,10-12H2,1-3H3. The van der Waals surface area contributed by atoms with Crippen molar-refractivity contribution in [2.45, 2.75) is 44.0 Å². The van der Waals surface area contributed by atoms with E-state index in [4.69, 9.17) is 0 Å². The van der Waals surface area contributed by atoms with Crippen LogP contribution in [-0.4, -0.2) is 49.7 Å². The minimum Gasteiger partial charge on any atom is -0.339 e. The molecule has 1 amide bonds. The van der Waals surface area contributed by atoms with E-state index in [1.54, 1.807) is 40.5 Å². The molecule has 1 aliphatic heterocycles. The van der Waals surface area contributed by atoms with E-state index < -0.39 is 10.0 Å². The van der Waals surface area contributed by atoms with Crippen molar-refractivity contribution in [2.75, 3.05) is 20.1 Å². The maximum Gasteiger partial charge on any atom is 0.253 e. The Bertz CT molecular complexity index is 700. The molecule has 5 nitrogen and oxygen atoms in total. The monoisotopic (exact) mass is 350 g/mol. The highest BCUT2D eigenvalue weighted by Crippen LogP contribution is 2.28. The largest absolute Gasteiger partial charge is 0.339 e. The fourth-order valence-electron chi connectivity index (χ4n) is 3.55. The molecule has 1 saturated carbocycles. The summed E-state index contributed by atoms with van der Waals surface area (Å²) in [7, 11) is -1.68. The van der Waals surface area contributed by atoms with Crippen LogP contribution in [0.15, 0.2) is 29.2 Å². The second-order valence-corrected chi connectivity index (χ2v) is 9.38. The zero-order chi connectivity index (χ0) is 17.5. The number of nitrogens with zero attached hydrogens (tertiary/aromatic N) is 2. The Kier molecular flexibility index (Phi) is 4.71. The van der Waals surface area contributed by atoms with Crippen LogP contribution in [-0.2, 0) is 10.0 Å². The van der Waals surface area contributed by atoms with Gasteiger partial charge in [0.25, 0.3) is 5.91 Å². The van der Waals surface area contributed by atoms with Gasteiger partial charge in [0, 0.05) is 31.7 Å². The summed E-state index contributed by atoms with van der Waals surface area (Å²) in [5.41, 5.74) is 0.545. The highest BCUT2D eigenvalue weighted by Gasteiger charge is 2.32. The van der Waals surface area contributed by atoms with Crippen LogP contribution in [0.25, 0.3) is 0 Å². The van der Waals surface area contributed by atoms with Crippen molar-refractivity contribution in [3.63, 3.8) is 0 Å². The molecule has 1 aromatic carbocycles. The Morgan fingerprint density at radius 3 is 2.12 bits per heavy atom. The van der Waals surface area contributed by atoms with E-state index in [2.05, 4.69) is 13.8 Å². The van der Waals surface area contributed by atoms with Gasteiger partial charge in [0.05, 0.1) is 4.90 Å². The Morgan fingerprint density at radius 2 is 1.62 bits per heavy atom. The molecule has 6 heteroatoms. The first-order chi connectivity index (χ1) is 11.3. The van der Waals surface area contributed by atoms with Crippen molar-refractivity contribution in [2.24, 2.45) is 11.8 Å². The van der Waals surface area contributed by atoms with Crippen LogP contribution in [0.1, 0.15) is 43.5 Å². The summed E-state index contributed by atoms with van der Waals surface area (Å²) in [6, 6.07) is 6.73. The quantitative estimate of drug-likeness (QED) is 0.839. The number of sulfonamides is 1. The molecule has 0 N–H and O–H groups in total. The zero-order valence-electron chi connectivity index (χ0n) is 14.6. The second-order valence-electron chi connectivity index (χ2n) is 7.44. The highest BCUT2D eigenvalue weighted by atomic mass is 32.2. The summed E-state index contributed by atoms with van der Waals surface area (Å²) < 4.78 is 27.3. The van der Waals surface area contributed by atoms with Gasteiger partial charge in [0.15, 0.2) is 0 Å². The lowest BCUT2D eigenvalue weighted by atomic mass is 9.94. The van der Waals surface area contributed by atoms with Crippen LogP contribution in [0.4, 0.5) is 0 Å². The molecule has 2 unspecified atom stereocenters. The van der Waals surface area contributed by atoms with E-state index >= 15 is 0 Å². The van der Waals surface area contributed by atoms with Gasteiger partial charge in [0.2, 0.25) is 10.0 Å². The average Bonchev–Trinajstić information content (AvgIpc) is 3.37. The van der Waals surface area contributed by atoms with Crippen LogP contribution >= 0.6 is 0 Å². The molecule has 1 aliphatic carbocycles. The molecule has 0 aromatic heterocycles. The summed E-state index contributed by atoms with van der Waals surface area (Å²) in [4.78, 5) is 14.4. The van der Waals surface area contributed by atoms with Gasteiger partial charge in [-0.15, -0.1) is 0 Å². The molecular formula is C18H26N2O3S. The minimum absolute atomic E-state index is 0.0401. The van der Waals surface area contributed by atoms with Gasteiger partial charge in [0.1, 0.15) is 0 Å². The van der Waals surface area contributed by atoms with E-state index in [0.717, 1.165) is 19.3 Å². The van der Waals surface area contributed by atoms with Gasteiger partial charge in [-0.25, -0.2) is 8.42 Å². The third-order valence-corrected chi connectivity index (χ3v) is 6.84. The first kappa shape index (κ1) is 17.4. The lowest BCUT2D eigenvalue weighted by molar-refractivity contribution is 0.0785. The van der Waals surface area contributed by atoms with Crippen molar-refractivity contribution < 1.29 is 13.2 Å². The summed E-state index contributed by atoms with van der Waals surface area (Å²) in [5, 5.41) is 0. The lowest BCUT2D eigenvalue weighted by Gasteiger charge is -2.34. The molecule has 0 bridgehead atoms. The van der Waals surface area contributed by atoms with Crippen LogP contribution in [0, 0.1) is 11.8 Å². The number of amides is 1. The molecule has 0 radical (unpaired) electrons. The van der Waals surface area contributed by atoms with Crippen LogP contribution in [0.5, 0.6) is 0 Å². The fourth-order valence-corrected chi connectivity index (χ4v) is 5.23. The van der Waals surface area contributed by atoms with Gasteiger partial charge >= 0.3 is 0 Å². The second kappa shape index (κ2) is 6.48. The van der Waals surface area contributed by atoms with Gasteiger partial charge in [-0.05, 0) is 55.4 Å². The van der Waals surface area contributed by atoms with Crippen LogP contribution in [0.3, 0.4) is 0 Å². The Hall–Kier alpha value is -1.40. The van der Waals surface area contributed by atoms with Gasteiger partial charge in [-0.3, -0.25) is 4.79 Å². The summed E-state index contributed by atoms with van der Waals surface area (Å²) >= 11 is 0. The molecular weight excluding hydrogens is 324 g/mol. The van der Waals surface area contributed by atoms with E-state index in [1.165, 1.54) is 0 Å². The number of piperidine rings is 1. The average molecular weight is 350 g/mol. The number of benzene rings is 1. The lowest BCUT2D eigenvalue weighted by Crippen LogP contribution is -2.42. The summed E-state index contributed by atoms with van der Waals surface area (Å²) in [6.07, 6.45) is 3.17. The van der Waals surface area contributed by atoms with Crippen molar-refractivity contribution in [3.05, 3.63) is 29.8 Å². The first-order valence-corrected chi connectivity index (χ1v) is 10.1.